The van der Waals surface area contributed by atoms with Crippen molar-refractivity contribution in [3.8, 4) is 0 Å². The van der Waals surface area contributed by atoms with E-state index in [0.717, 1.165) is 16.2 Å². The van der Waals surface area contributed by atoms with Crippen LogP contribution < -0.4 is 0 Å². The van der Waals surface area contributed by atoms with E-state index >= 15 is 0 Å². The first-order valence-corrected chi connectivity index (χ1v) is 9.79. The van der Waals surface area contributed by atoms with Gasteiger partial charge in [-0.25, -0.2) is 5.01 Å². The number of hydrogen-bond acceptors (Lipinski definition) is 5. The minimum atomic E-state index is -0.337. The zero-order valence-electron chi connectivity index (χ0n) is 15.3. The lowest BCUT2D eigenvalue weighted by Crippen LogP contribution is -2.39. The molecule has 0 spiro atoms. The SMILES string of the molecule is CN(CC(=O)N1N=C(c2cccs2)CC1c1ccccc1)C(=O)c1ccco1. The summed E-state index contributed by atoms with van der Waals surface area (Å²) >= 11 is 1.60. The van der Waals surface area contributed by atoms with Gasteiger partial charge in [0.1, 0.15) is 6.54 Å². The largest absolute Gasteiger partial charge is 0.459 e. The summed E-state index contributed by atoms with van der Waals surface area (Å²) in [7, 11) is 1.58. The Kier molecular flexibility index (Phi) is 5.08. The van der Waals surface area contributed by atoms with Crippen LogP contribution >= 0.6 is 11.3 Å². The van der Waals surface area contributed by atoms with Gasteiger partial charge in [-0.2, -0.15) is 5.10 Å². The van der Waals surface area contributed by atoms with Crippen LogP contribution in [0.15, 0.2) is 75.8 Å². The van der Waals surface area contributed by atoms with Gasteiger partial charge >= 0.3 is 0 Å². The standard InChI is InChI=1S/C21H19N3O3S/c1-23(21(26)18-9-5-11-27-18)14-20(25)24-17(15-7-3-2-4-8-15)13-16(22-24)19-10-6-12-28-19/h2-12,17H,13-14H2,1H3. The monoisotopic (exact) mass is 393 g/mol. The third-order valence-corrected chi connectivity index (χ3v) is 5.53. The lowest BCUT2D eigenvalue weighted by Gasteiger charge is -2.24. The lowest BCUT2D eigenvalue weighted by molar-refractivity contribution is -0.133. The van der Waals surface area contributed by atoms with Crippen molar-refractivity contribution < 1.29 is 14.0 Å². The van der Waals surface area contributed by atoms with E-state index in [4.69, 9.17) is 4.42 Å². The highest BCUT2D eigenvalue weighted by Gasteiger charge is 2.34. The van der Waals surface area contributed by atoms with Gasteiger partial charge in [-0.3, -0.25) is 9.59 Å². The Morgan fingerprint density at radius 3 is 2.68 bits per heavy atom. The zero-order chi connectivity index (χ0) is 19.5. The van der Waals surface area contributed by atoms with Gasteiger partial charge in [0.05, 0.1) is 22.9 Å². The summed E-state index contributed by atoms with van der Waals surface area (Å²) in [6, 6.07) is 16.9. The highest BCUT2D eigenvalue weighted by atomic mass is 32.1. The highest BCUT2D eigenvalue weighted by molar-refractivity contribution is 7.12. The second kappa shape index (κ2) is 7.82. The van der Waals surface area contributed by atoms with Gasteiger partial charge in [-0.05, 0) is 29.1 Å². The summed E-state index contributed by atoms with van der Waals surface area (Å²) in [5, 5.41) is 8.12. The Hall–Kier alpha value is -3.19. The van der Waals surface area contributed by atoms with Crippen molar-refractivity contribution in [2.45, 2.75) is 12.5 Å². The van der Waals surface area contributed by atoms with Crippen LogP contribution in [0.25, 0.3) is 0 Å². The van der Waals surface area contributed by atoms with E-state index in [1.54, 1.807) is 30.5 Å². The number of carbonyl (C=O) groups is 2. The van der Waals surface area contributed by atoms with Gasteiger partial charge in [0.15, 0.2) is 5.76 Å². The number of furan rings is 1. The molecule has 0 radical (unpaired) electrons. The average molecular weight is 393 g/mol. The van der Waals surface area contributed by atoms with Crippen molar-refractivity contribution in [2.24, 2.45) is 5.10 Å². The number of carbonyl (C=O) groups excluding carboxylic acids is 2. The van der Waals surface area contributed by atoms with E-state index in [9.17, 15) is 9.59 Å². The van der Waals surface area contributed by atoms with E-state index in [-0.39, 0.29) is 30.2 Å². The molecule has 6 nitrogen and oxygen atoms in total. The van der Waals surface area contributed by atoms with E-state index in [1.807, 2.05) is 47.8 Å². The Balaban J connectivity index is 1.56. The second-order valence-corrected chi connectivity index (χ2v) is 7.48. The fraction of sp³-hybridized carbons (Fsp3) is 0.190. The van der Waals surface area contributed by atoms with Gasteiger partial charge in [-0.15, -0.1) is 11.3 Å². The summed E-state index contributed by atoms with van der Waals surface area (Å²) in [4.78, 5) is 27.8. The van der Waals surface area contributed by atoms with Crippen LogP contribution in [0.3, 0.4) is 0 Å². The predicted molar refractivity (Wildman–Crippen MR) is 107 cm³/mol. The minimum absolute atomic E-state index is 0.0793. The van der Waals surface area contributed by atoms with Crippen LogP contribution in [0.5, 0.6) is 0 Å². The Morgan fingerprint density at radius 2 is 2.00 bits per heavy atom. The molecule has 1 aromatic carbocycles. The smallest absolute Gasteiger partial charge is 0.289 e. The molecular weight excluding hydrogens is 374 g/mol. The molecule has 1 unspecified atom stereocenters. The van der Waals surface area contributed by atoms with Crippen LogP contribution in [0.1, 0.15) is 33.5 Å². The van der Waals surface area contributed by atoms with Gasteiger partial charge in [-0.1, -0.05) is 36.4 Å². The molecule has 3 heterocycles. The molecule has 0 saturated carbocycles. The molecule has 4 rings (SSSR count). The molecule has 142 valence electrons. The Morgan fingerprint density at radius 1 is 1.18 bits per heavy atom. The molecule has 3 aromatic rings. The van der Waals surface area contributed by atoms with Crippen molar-refractivity contribution in [3.05, 3.63) is 82.4 Å². The van der Waals surface area contributed by atoms with Gasteiger partial charge in [0.2, 0.25) is 0 Å². The van der Waals surface area contributed by atoms with Crippen molar-refractivity contribution in [1.82, 2.24) is 9.91 Å². The van der Waals surface area contributed by atoms with Crippen molar-refractivity contribution in [1.29, 1.82) is 0 Å². The average Bonchev–Trinajstić information content (AvgIpc) is 3.49. The first kappa shape index (κ1) is 18.2. The maximum absolute atomic E-state index is 13.0. The molecule has 0 aliphatic carbocycles. The number of rotatable bonds is 5. The first-order chi connectivity index (χ1) is 13.6. The number of hydrazone groups is 1. The van der Waals surface area contributed by atoms with E-state index in [0.29, 0.717) is 6.42 Å². The predicted octanol–water partition coefficient (Wildman–Crippen LogP) is 3.79. The molecule has 1 aliphatic rings. The van der Waals surface area contributed by atoms with Crippen molar-refractivity contribution in [3.63, 3.8) is 0 Å². The summed E-state index contributed by atoms with van der Waals surface area (Å²) < 4.78 is 5.14. The van der Waals surface area contributed by atoms with Gasteiger partial charge < -0.3 is 9.32 Å². The van der Waals surface area contributed by atoms with Crippen molar-refractivity contribution in [2.75, 3.05) is 13.6 Å². The third-order valence-electron chi connectivity index (χ3n) is 4.61. The van der Waals surface area contributed by atoms with Crippen molar-refractivity contribution >= 4 is 28.9 Å². The molecule has 1 atom stereocenters. The van der Waals surface area contributed by atoms with E-state index < -0.39 is 0 Å². The normalized spacial score (nSPS) is 16.1. The number of nitrogens with zero attached hydrogens (tertiary/aromatic N) is 3. The number of likely N-dealkylation sites (N-methyl/N-ethyl adjacent to an activating group) is 1. The zero-order valence-corrected chi connectivity index (χ0v) is 16.1. The molecule has 0 saturated heterocycles. The van der Waals surface area contributed by atoms with Crippen LogP contribution in [0.4, 0.5) is 0 Å². The first-order valence-electron chi connectivity index (χ1n) is 8.91. The molecule has 2 aromatic heterocycles. The Labute approximate surface area is 166 Å². The van der Waals surface area contributed by atoms with E-state index in [2.05, 4.69) is 5.10 Å². The van der Waals surface area contributed by atoms with Crippen LogP contribution in [-0.2, 0) is 4.79 Å². The summed E-state index contributed by atoms with van der Waals surface area (Å²) in [6.45, 7) is -0.0793. The fourth-order valence-electron chi connectivity index (χ4n) is 3.20. The lowest BCUT2D eigenvalue weighted by atomic mass is 10.0. The van der Waals surface area contributed by atoms with Crippen LogP contribution in [-0.4, -0.2) is 41.0 Å². The third kappa shape index (κ3) is 3.61. The van der Waals surface area contributed by atoms with Crippen LogP contribution in [0.2, 0.25) is 0 Å². The molecule has 0 fully saturated rings. The Bertz CT molecular complexity index is 981. The fourth-order valence-corrected chi connectivity index (χ4v) is 3.92. The number of amides is 2. The van der Waals surface area contributed by atoms with Gasteiger partial charge in [0.25, 0.3) is 11.8 Å². The maximum atomic E-state index is 13.0. The molecule has 28 heavy (non-hydrogen) atoms. The topological polar surface area (TPSA) is 66.1 Å². The highest BCUT2D eigenvalue weighted by Crippen LogP contribution is 2.33. The number of thiophene rings is 1. The molecular formula is C21H19N3O3S. The molecule has 0 N–H and O–H groups in total. The minimum Gasteiger partial charge on any atom is -0.459 e. The molecule has 7 heteroatoms. The van der Waals surface area contributed by atoms with Gasteiger partial charge in [0, 0.05) is 13.5 Å². The summed E-state index contributed by atoms with van der Waals surface area (Å²) in [6.07, 6.45) is 2.08. The van der Waals surface area contributed by atoms with E-state index in [1.165, 1.54) is 16.2 Å². The summed E-state index contributed by atoms with van der Waals surface area (Å²) in [5.74, 6) is -0.363. The molecule has 2 amide bonds. The molecule has 1 aliphatic heterocycles. The second-order valence-electron chi connectivity index (χ2n) is 6.53. The quantitative estimate of drug-likeness (QED) is 0.662. The number of hydrogen-bond donors (Lipinski definition) is 0. The molecule has 0 bridgehead atoms. The summed E-state index contributed by atoms with van der Waals surface area (Å²) in [5.41, 5.74) is 1.91. The number of benzene rings is 1. The maximum Gasteiger partial charge on any atom is 0.289 e. The van der Waals surface area contributed by atoms with Crippen LogP contribution in [0, 0.1) is 0 Å².